The smallest absolute Gasteiger partial charge is 0.318 e. The lowest BCUT2D eigenvalue weighted by molar-refractivity contribution is 0.193. The van der Waals surface area contributed by atoms with Crippen molar-refractivity contribution in [1.82, 2.24) is 30.4 Å². The number of fused-ring (bicyclic) bond motifs is 2. The molecular formula is C23H23FN6O3. The van der Waals surface area contributed by atoms with E-state index in [1.807, 2.05) is 25.1 Å². The molecule has 0 spiro atoms. The van der Waals surface area contributed by atoms with Gasteiger partial charge in [0.2, 0.25) is 0 Å². The topological polar surface area (TPSA) is 130 Å². The van der Waals surface area contributed by atoms with Crippen molar-refractivity contribution in [2.24, 2.45) is 0 Å². The number of halogens is 1. The van der Waals surface area contributed by atoms with Gasteiger partial charge in [-0.1, -0.05) is 13.0 Å². The average Bonchev–Trinajstić information content (AvgIpc) is 3.51. The van der Waals surface area contributed by atoms with Crippen molar-refractivity contribution in [3.05, 3.63) is 53.1 Å². The predicted octanol–water partition coefficient (Wildman–Crippen LogP) is 3.04. The van der Waals surface area contributed by atoms with Gasteiger partial charge in [-0.2, -0.15) is 5.10 Å². The molecule has 33 heavy (non-hydrogen) atoms. The minimum atomic E-state index is -0.656. The summed E-state index contributed by atoms with van der Waals surface area (Å²) in [6, 6.07) is 8.29. The Labute approximate surface area is 188 Å². The van der Waals surface area contributed by atoms with Crippen LogP contribution in [0.1, 0.15) is 23.9 Å². The Balaban J connectivity index is 1.43. The molecule has 2 aromatic carbocycles. The van der Waals surface area contributed by atoms with Gasteiger partial charge in [0.15, 0.2) is 17.4 Å². The fourth-order valence-corrected chi connectivity index (χ4v) is 4.20. The third-order valence-electron chi connectivity index (χ3n) is 5.88. The summed E-state index contributed by atoms with van der Waals surface area (Å²) in [6.07, 6.45) is 0.655. The normalized spacial score (nSPS) is 13.0. The molecule has 9 nitrogen and oxygen atoms in total. The molecule has 1 aliphatic rings. The lowest BCUT2D eigenvalue weighted by atomic mass is 9.96. The largest absolute Gasteiger partial charge is 0.505 e. The number of aliphatic hydroxyl groups excluding tert-OH is 1. The van der Waals surface area contributed by atoms with Gasteiger partial charge in [0.1, 0.15) is 5.69 Å². The van der Waals surface area contributed by atoms with E-state index in [0.717, 1.165) is 39.0 Å². The number of nitrogens with zero attached hydrogens (tertiary/aromatic N) is 3. The lowest BCUT2D eigenvalue weighted by Crippen LogP contribution is -2.38. The number of phenolic OH excluding ortho intramolecular Hbond substituents is 1. The number of phenols is 1. The minimum absolute atomic E-state index is 0.108. The van der Waals surface area contributed by atoms with E-state index in [4.69, 9.17) is 5.11 Å². The zero-order chi connectivity index (χ0) is 23.1. The number of aromatic amines is 2. The molecule has 2 amide bonds. The molecular weight excluding hydrogens is 427 g/mol. The Morgan fingerprint density at radius 3 is 2.88 bits per heavy atom. The van der Waals surface area contributed by atoms with Crippen LogP contribution in [0.25, 0.3) is 33.5 Å². The van der Waals surface area contributed by atoms with Crippen LogP contribution < -0.4 is 5.32 Å². The Bertz CT molecular complexity index is 1340. The van der Waals surface area contributed by atoms with Crippen molar-refractivity contribution in [3.8, 4) is 28.4 Å². The van der Waals surface area contributed by atoms with Crippen LogP contribution in [0.3, 0.4) is 0 Å². The highest BCUT2D eigenvalue weighted by Crippen LogP contribution is 2.34. The highest BCUT2D eigenvalue weighted by atomic mass is 19.1. The number of benzene rings is 2. The fourth-order valence-electron chi connectivity index (χ4n) is 4.20. The first-order chi connectivity index (χ1) is 16.0. The van der Waals surface area contributed by atoms with Crippen molar-refractivity contribution >= 4 is 16.9 Å². The Morgan fingerprint density at radius 1 is 1.27 bits per heavy atom. The van der Waals surface area contributed by atoms with Crippen LogP contribution in [0.2, 0.25) is 0 Å². The molecule has 0 radical (unpaired) electrons. The molecule has 170 valence electrons. The number of hydrogen-bond acceptors (Lipinski definition) is 5. The maximum Gasteiger partial charge on any atom is 0.318 e. The summed E-state index contributed by atoms with van der Waals surface area (Å²) < 4.78 is 14.0. The highest BCUT2D eigenvalue weighted by Gasteiger charge is 2.27. The van der Waals surface area contributed by atoms with E-state index in [-0.39, 0.29) is 24.9 Å². The SMILES string of the molecule is CCc1cc(O)c(F)cc1-c1ccc2c(-c3nc4c([nH]3)CN(C(=O)NCCO)C4)n[nH]c2c1. The van der Waals surface area contributed by atoms with Crippen molar-refractivity contribution < 1.29 is 19.4 Å². The van der Waals surface area contributed by atoms with E-state index in [1.54, 1.807) is 4.90 Å². The summed E-state index contributed by atoms with van der Waals surface area (Å²) in [5, 5.41) is 29.5. The molecule has 5 N–H and O–H groups in total. The van der Waals surface area contributed by atoms with E-state index in [9.17, 15) is 14.3 Å². The van der Waals surface area contributed by atoms with Gasteiger partial charge in [-0.25, -0.2) is 14.2 Å². The van der Waals surface area contributed by atoms with Gasteiger partial charge < -0.3 is 25.4 Å². The molecule has 1 aliphatic heterocycles. The first kappa shape index (κ1) is 21.0. The Hall–Kier alpha value is -3.92. The van der Waals surface area contributed by atoms with E-state index in [0.29, 0.717) is 31.0 Å². The molecule has 0 saturated carbocycles. The molecule has 4 aromatic rings. The van der Waals surface area contributed by atoms with Crippen molar-refractivity contribution in [3.63, 3.8) is 0 Å². The number of urea groups is 1. The number of aromatic hydroxyl groups is 1. The molecule has 3 heterocycles. The van der Waals surface area contributed by atoms with Gasteiger partial charge in [0.25, 0.3) is 0 Å². The zero-order valence-electron chi connectivity index (χ0n) is 17.9. The Morgan fingerprint density at radius 2 is 2.12 bits per heavy atom. The summed E-state index contributed by atoms with van der Waals surface area (Å²) in [5.74, 6) is -0.396. The van der Waals surface area contributed by atoms with Gasteiger partial charge in [0.05, 0.1) is 36.6 Å². The second-order valence-electron chi connectivity index (χ2n) is 7.97. The fraction of sp³-hybridized carbons (Fsp3) is 0.261. The molecule has 0 bridgehead atoms. The van der Waals surface area contributed by atoms with E-state index >= 15 is 0 Å². The predicted molar refractivity (Wildman–Crippen MR) is 120 cm³/mol. The average molecular weight is 450 g/mol. The molecule has 2 aromatic heterocycles. The number of aryl methyl sites for hydroxylation is 1. The number of H-pyrrole nitrogens is 2. The lowest BCUT2D eigenvalue weighted by Gasteiger charge is -2.15. The first-order valence-electron chi connectivity index (χ1n) is 10.7. The van der Waals surface area contributed by atoms with Gasteiger partial charge in [-0.05, 0) is 47.4 Å². The summed E-state index contributed by atoms with van der Waals surface area (Å²) in [7, 11) is 0. The van der Waals surface area contributed by atoms with Crippen molar-refractivity contribution in [2.75, 3.05) is 13.2 Å². The molecule has 0 unspecified atom stereocenters. The number of rotatable bonds is 5. The van der Waals surface area contributed by atoms with Gasteiger partial charge in [0, 0.05) is 11.9 Å². The number of nitrogens with one attached hydrogen (secondary N) is 3. The molecule has 5 rings (SSSR count). The maximum atomic E-state index is 14.0. The minimum Gasteiger partial charge on any atom is -0.505 e. The van der Waals surface area contributed by atoms with E-state index in [2.05, 4.69) is 25.5 Å². The van der Waals surface area contributed by atoms with Gasteiger partial charge in [-0.15, -0.1) is 0 Å². The van der Waals surface area contributed by atoms with Crippen LogP contribution in [-0.2, 0) is 19.5 Å². The number of carbonyl (C=O) groups excluding carboxylic acids is 1. The summed E-state index contributed by atoms with van der Waals surface area (Å²) in [6.45, 7) is 2.83. The summed E-state index contributed by atoms with van der Waals surface area (Å²) in [4.78, 5) is 21.6. The van der Waals surface area contributed by atoms with Crippen molar-refractivity contribution in [2.45, 2.75) is 26.4 Å². The van der Waals surface area contributed by atoms with E-state index < -0.39 is 5.82 Å². The third kappa shape index (κ3) is 3.68. The van der Waals surface area contributed by atoms with Crippen LogP contribution >= 0.6 is 0 Å². The van der Waals surface area contributed by atoms with Crippen LogP contribution in [-0.4, -0.2) is 54.5 Å². The number of carbonyl (C=O) groups is 1. The molecule has 0 aliphatic carbocycles. The molecule has 0 fully saturated rings. The number of aliphatic hydroxyl groups is 1. The maximum absolute atomic E-state index is 14.0. The first-order valence-corrected chi connectivity index (χ1v) is 10.7. The van der Waals surface area contributed by atoms with Gasteiger partial charge >= 0.3 is 6.03 Å². The third-order valence-corrected chi connectivity index (χ3v) is 5.88. The highest BCUT2D eigenvalue weighted by molar-refractivity contribution is 5.94. The zero-order valence-corrected chi connectivity index (χ0v) is 17.9. The number of imidazole rings is 1. The Kier molecular flexibility index (Phi) is 5.21. The van der Waals surface area contributed by atoms with Crippen LogP contribution in [0.15, 0.2) is 30.3 Å². The number of hydrogen-bond donors (Lipinski definition) is 5. The van der Waals surface area contributed by atoms with Crippen LogP contribution in [0.5, 0.6) is 5.75 Å². The quantitative estimate of drug-likeness (QED) is 0.319. The second kappa shape index (κ2) is 8.21. The van der Waals surface area contributed by atoms with Crippen LogP contribution in [0, 0.1) is 5.82 Å². The number of amides is 2. The van der Waals surface area contributed by atoms with Crippen molar-refractivity contribution in [1.29, 1.82) is 0 Å². The second-order valence-corrected chi connectivity index (χ2v) is 7.97. The number of aromatic nitrogens is 4. The van der Waals surface area contributed by atoms with Gasteiger partial charge in [-0.3, -0.25) is 5.10 Å². The van der Waals surface area contributed by atoms with Crippen LogP contribution in [0.4, 0.5) is 9.18 Å². The molecule has 0 saturated heterocycles. The monoisotopic (exact) mass is 450 g/mol. The summed E-state index contributed by atoms with van der Waals surface area (Å²) in [5.41, 5.74) is 5.47. The standard InChI is InChI=1S/C23H23FN6O3/c1-2-12-8-20(32)16(24)9-15(12)13-3-4-14-17(7-13)28-29-21(14)22-26-18-10-30(11-19(18)27-22)23(33)25-5-6-31/h3-4,7-9,31-32H,2,5-6,10-11H2,1H3,(H,25,33)(H,26,27)(H,28,29). The molecule has 0 atom stereocenters. The van der Waals surface area contributed by atoms with E-state index in [1.165, 1.54) is 12.1 Å². The molecule has 10 heteroatoms. The summed E-state index contributed by atoms with van der Waals surface area (Å²) >= 11 is 0.